The highest BCUT2D eigenvalue weighted by atomic mass is 16.2. The second-order valence-corrected chi connectivity index (χ2v) is 8.41. The van der Waals surface area contributed by atoms with Crippen LogP contribution in [0.25, 0.3) is 0 Å². The van der Waals surface area contributed by atoms with Crippen molar-refractivity contribution in [3.05, 3.63) is 90.0 Å². The third-order valence-corrected chi connectivity index (χ3v) is 6.34. The molecule has 0 spiro atoms. The number of piperazine rings is 1. The zero-order chi connectivity index (χ0) is 21.2. The SMILES string of the molecule is O=C(c1ccc(Cn2ccnc2)cc1)N1CCN(C(=O)C2CC2c2ccccc2)CC1. The lowest BCUT2D eigenvalue weighted by Gasteiger charge is -2.35. The Hall–Kier alpha value is -3.41. The summed E-state index contributed by atoms with van der Waals surface area (Å²) in [6.45, 7) is 3.14. The van der Waals surface area contributed by atoms with Gasteiger partial charge in [-0.15, -0.1) is 0 Å². The van der Waals surface area contributed by atoms with Crippen LogP contribution in [-0.2, 0) is 11.3 Å². The minimum atomic E-state index is 0.0369. The summed E-state index contributed by atoms with van der Waals surface area (Å²) in [5.41, 5.74) is 3.08. The Morgan fingerprint density at radius 2 is 1.61 bits per heavy atom. The lowest BCUT2D eigenvalue weighted by atomic mass is 10.1. The van der Waals surface area contributed by atoms with Gasteiger partial charge >= 0.3 is 0 Å². The van der Waals surface area contributed by atoms with Gasteiger partial charge in [0.2, 0.25) is 5.91 Å². The molecule has 6 nitrogen and oxygen atoms in total. The molecule has 2 aromatic carbocycles. The van der Waals surface area contributed by atoms with E-state index >= 15 is 0 Å². The molecule has 2 amide bonds. The summed E-state index contributed by atoms with van der Waals surface area (Å²) in [6.07, 6.45) is 6.40. The van der Waals surface area contributed by atoms with Crippen LogP contribution in [0, 0.1) is 5.92 Å². The van der Waals surface area contributed by atoms with E-state index in [1.165, 1.54) is 5.56 Å². The fourth-order valence-corrected chi connectivity index (χ4v) is 4.43. The summed E-state index contributed by atoms with van der Waals surface area (Å²) in [4.78, 5) is 33.6. The first-order valence-corrected chi connectivity index (χ1v) is 10.9. The van der Waals surface area contributed by atoms with Gasteiger partial charge in [0, 0.05) is 56.6 Å². The molecule has 158 valence electrons. The van der Waals surface area contributed by atoms with Crippen LogP contribution in [0.3, 0.4) is 0 Å². The highest BCUT2D eigenvalue weighted by Crippen LogP contribution is 2.48. The highest BCUT2D eigenvalue weighted by molar-refractivity contribution is 5.94. The molecule has 1 aliphatic carbocycles. The van der Waals surface area contributed by atoms with Crippen molar-refractivity contribution in [2.45, 2.75) is 18.9 Å². The van der Waals surface area contributed by atoms with Gasteiger partial charge in [-0.2, -0.15) is 0 Å². The molecule has 5 rings (SSSR count). The molecule has 0 bridgehead atoms. The summed E-state index contributed by atoms with van der Waals surface area (Å²) in [5, 5.41) is 0. The number of rotatable bonds is 5. The predicted molar refractivity (Wildman–Crippen MR) is 118 cm³/mol. The topological polar surface area (TPSA) is 58.4 Å². The Balaban J connectivity index is 1.13. The average molecular weight is 415 g/mol. The van der Waals surface area contributed by atoms with E-state index in [0.29, 0.717) is 37.7 Å². The Bertz CT molecular complexity index is 1040. The van der Waals surface area contributed by atoms with E-state index in [4.69, 9.17) is 0 Å². The lowest BCUT2D eigenvalue weighted by molar-refractivity contribution is -0.134. The molecule has 2 unspecified atom stereocenters. The highest BCUT2D eigenvalue weighted by Gasteiger charge is 2.46. The third kappa shape index (κ3) is 4.24. The van der Waals surface area contributed by atoms with Crippen molar-refractivity contribution >= 4 is 11.8 Å². The number of hydrogen-bond acceptors (Lipinski definition) is 3. The number of aromatic nitrogens is 2. The number of imidazole rings is 1. The van der Waals surface area contributed by atoms with Gasteiger partial charge in [0.1, 0.15) is 0 Å². The van der Waals surface area contributed by atoms with Crippen LogP contribution in [0.15, 0.2) is 73.3 Å². The van der Waals surface area contributed by atoms with E-state index in [1.807, 2.05) is 63.0 Å². The van der Waals surface area contributed by atoms with E-state index in [2.05, 4.69) is 17.1 Å². The van der Waals surface area contributed by atoms with Crippen molar-refractivity contribution in [2.75, 3.05) is 26.2 Å². The minimum Gasteiger partial charge on any atom is -0.339 e. The van der Waals surface area contributed by atoms with E-state index in [-0.39, 0.29) is 17.7 Å². The van der Waals surface area contributed by atoms with E-state index in [9.17, 15) is 9.59 Å². The van der Waals surface area contributed by atoms with Crippen LogP contribution >= 0.6 is 0 Å². The summed E-state index contributed by atoms with van der Waals surface area (Å²) in [7, 11) is 0. The fraction of sp³-hybridized carbons (Fsp3) is 0.320. The van der Waals surface area contributed by atoms with Crippen molar-refractivity contribution in [2.24, 2.45) is 5.92 Å². The average Bonchev–Trinajstić information content (AvgIpc) is 3.47. The summed E-state index contributed by atoms with van der Waals surface area (Å²) in [5.74, 6) is 0.738. The normalized spacial score (nSPS) is 20.5. The van der Waals surface area contributed by atoms with Gasteiger partial charge in [0.25, 0.3) is 5.91 Å². The zero-order valence-corrected chi connectivity index (χ0v) is 17.4. The largest absolute Gasteiger partial charge is 0.339 e. The smallest absolute Gasteiger partial charge is 0.253 e. The Morgan fingerprint density at radius 1 is 0.903 bits per heavy atom. The maximum Gasteiger partial charge on any atom is 0.253 e. The van der Waals surface area contributed by atoms with Crippen molar-refractivity contribution < 1.29 is 9.59 Å². The van der Waals surface area contributed by atoms with Crippen LogP contribution in [0.5, 0.6) is 0 Å². The molecule has 1 aliphatic heterocycles. The second kappa shape index (κ2) is 8.38. The zero-order valence-electron chi connectivity index (χ0n) is 17.4. The quantitative estimate of drug-likeness (QED) is 0.645. The van der Waals surface area contributed by atoms with Crippen molar-refractivity contribution in [3.63, 3.8) is 0 Å². The number of hydrogen-bond donors (Lipinski definition) is 0. The van der Waals surface area contributed by atoms with Gasteiger partial charge in [-0.3, -0.25) is 9.59 Å². The first-order chi connectivity index (χ1) is 15.2. The summed E-state index contributed by atoms with van der Waals surface area (Å²) < 4.78 is 2.00. The predicted octanol–water partition coefficient (Wildman–Crippen LogP) is 3.02. The molecule has 2 aliphatic rings. The van der Waals surface area contributed by atoms with Crippen molar-refractivity contribution in [3.8, 4) is 0 Å². The molecule has 6 heteroatoms. The number of nitrogens with zero attached hydrogens (tertiary/aromatic N) is 4. The molecule has 1 saturated heterocycles. The first-order valence-electron chi connectivity index (χ1n) is 10.9. The minimum absolute atomic E-state index is 0.0369. The molecule has 3 aromatic rings. The molecule has 0 radical (unpaired) electrons. The summed E-state index contributed by atoms with van der Waals surface area (Å²) in [6, 6.07) is 18.0. The lowest BCUT2D eigenvalue weighted by Crippen LogP contribution is -2.51. The standard InChI is InChI=1S/C25H26N4O2/c30-24(21-8-6-19(7-9-21)17-27-11-10-26-18-27)28-12-14-29(15-13-28)25(31)23-16-22(23)20-4-2-1-3-5-20/h1-11,18,22-23H,12-17H2. The van der Waals surface area contributed by atoms with E-state index in [0.717, 1.165) is 18.5 Å². The molecular weight excluding hydrogens is 388 g/mol. The number of carbonyl (C=O) groups excluding carboxylic acids is 2. The molecule has 2 atom stereocenters. The molecule has 0 N–H and O–H groups in total. The second-order valence-electron chi connectivity index (χ2n) is 8.41. The molecule has 1 aromatic heterocycles. The Morgan fingerprint density at radius 3 is 2.29 bits per heavy atom. The number of amides is 2. The van der Waals surface area contributed by atoms with Crippen LogP contribution in [-0.4, -0.2) is 57.3 Å². The molecule has 31 heavy (non-hydrogen) atoms. The van der Waals surface area contributed by atoms with Crippen molar-refractivity contribution in [1.29, 1.82) is 0 Å². The Labute approximate surface area is 182 Å². The van der Waals surface area contributed by atoms with Gasteiger partial charge in [0.05, 0.1) is 6.33 Å². The first kappa shape index (κ1) is 19.5. The number of carbonyl (C=O) groups is 2. The van der Waals surface area contributed by atoms with E-state index in [1.54, 1.807) is 12.5 Å². The van der Waals surface area contributed by atoms with Crippen LogP contribution in [0.1, 0.15) is 33.8 Å². The van der Waals surface area contributed by atoms with Crippen LogP contribution in [0.4, 0.5) is 0 Å². The van der Waals surface area contributed by atoms with Gasteiger partial charge in [-0.25, -0.2) is 4.98 Å². The Kier molecular flexibility index (Phi) is 5.28. The van der Waals surface area contributed by atoms with Crippen LogP contribution in [0.2, 0.25) is 0 Å². The molecule has 1 saturated carbocycles. The van der Waals surface area contributed by atoms with Gasteiger partial charge in [-0.05, 0) is 35.6 Å². The monoisotopic (exact) mass is 414 g/mol. The van der Waals surface area contributed by atoms with Gasteiger partial charge in [-0.1, -0.05) is 42.5 Å². The third-order valence-electron chi connectivity index (χ3n) is 6.34. The van der Waals surface area contributed by atoms with Gasteiger partial charge in [0.15, 0.2) is 0 Å². The maximum atomic E-state index is 12.9. The number of benzene rings is 2. The molecule has 2 fully saturated rings. The summed E-state index contributed by atoms with van der Waals surface area (Å²) >= 11 is 0. The van der Waals surface area contributed by atoms with Crippen LogP contribution < -0.4 is 0 Å². The molecule has 2 heterocycles. The maximum absolute atomic E-state index is 12.9. The van der Waals surface area contributed by atoms with Crippen molar-refractivity contribution in [1.82, 2.24) is 19.4 Å². The fourth-order valence-electron chi connectivity index (χ4n) is 4.43. The van der Waals surface area contributed by atoms with Gasteiger partial charge < -0.3 is 14.4 Å². The van der Waals surface area contributed by atoms with E-state index < -0.39 is 0 Å². The molecular formula is C25H26N4O2.